The summed E-state index contributed by atoms with van der Waals surface area (Å²) in [6.45, 7) is -0.0180. The van der Waals surface area contributed by atoms with Crippen LogP contribution in [0, 0.1) is 0 Å². The third kappa shape index (κ3) is 3.54. The fourth-order valence-electron chi connectivity index (χ4n) is 1.70. The maximum absolute atomic E-state index is 12.2. The summed E-state index contributed by atoms with van der Waals surface area (Å²) in [4.78, 5) is 13.2. The standard InChI is InChI=1S/C15H14ClNO2S/c1-20-12-6-7-14(16)13(8-12)15(19)17-11-4-2-10(9-18)3-5-11/h2-8,18H,9H2,1H3,(H,17,19). The lowest BCUT2D eigenvalue weighted by Crippen LogP contribution is -2.12. The normalized spacial score (nSPS) is 10.3. The van der Waals surface area contributed by atoms with Crippen molar-refractivity contribution in [2.24, 2.45) is 0 Å². The highest BCUT2D eigenvalue weighted by molar-refractivity contribution is 7.98. The fraction of sp³-hybridized carbons (Fsp3) is 0.133. The highest BCUT2D eigenvalue weighted by Gasteiger charge is 2.11. The first-order chi connectivity index (χ1) is 9.63. The van der Waals surface area contributed by atoms with Crippen LogP contribution in [-0.4, -0.2) is 17.3 Å². The first-order valence-electron chi connectivity index (χ1n) is 5.98. The Balaban J connectivity index is 2.18. The second-order valence-electron chi connectivity index (χ2n) is 4.15. The minimum absolute atomic E-state index is 0.0180. The largest absolute Gasteiger partial charge is 0.392 e. The predicted octanol–water partition coefficient (Wildman–Crippen LogP) is 3.81. The average molecular weight is 308 g/mol. The molecule has 0 saturated heterocycles. The number of amides is 1. The first kappa shape index (κ1) is 14.9. The Kier molecular flexibility index (Phi) is 5.06. The highest BCUT2D eigenvalue weighted by Crippen LogP contribution is 2.24. The van der Waals surface area contributed by atoms with Crippen LogP contribution in [0.25, 0.3) is 0 Å². The van der Waals surface area contributed by atoms with Gasteiger partial charge in [0.05, 0.1) is 17.2 Å². The molecule has 0 fully saturated rings. The molecule has 0 spiro atoms. The number of nitrogens with one attached hydrogen (secondary N) is 1. The van der Waals surface area contributed by atoms with E-state index >= 15 is 0 Å². The lowest BCUT2D eigenvalue weighted by molar-refractivity contribution is 0.102. The number of carbonyl (C=O) groups excluding carboxylic acids is 1. The molecule has 0 atom stereocenters. The molecule has 0 aromatic heterocycles. The number of benzene rings is 2. The molecule has 0 unspecified atom stereocenters. The number of hydrogen-bond acceptors (Lipinski definition) is 3. The topological polar surface area (TPSA) is 49.3 Å². The number of anilines is 1. The lowest BCUT2D eigenvalue weighted by Gasteiger charge is -2.08. The van der Waals surface area contributed by atoms with Gasteiger partial charge in [-0.1, -0.05) is 23.7 Å². The van der Waals surface area contributed by atoms with Crippen molar-refractivity contribution < 1.29 is 9.90 Å². The van der Waals surface area contributed by atoms with Gasteiger partial charge in [-0.2, -0.15) is 0 Å². The van der Waals surface area contributed by atoms with E-state index in [-0.39, 0.29) is 12.5 Å². The van der Waals surface area contributed by atoms with Crippen molar-refractivity contribution in [1.82, 2.24) is 0 Å². The van der Waals surface area contributed by atoms with Crippen LogP contribution in [0.5, 0.6) is 0 Å². The molecule has 5 heteroatoms. The third-order valence-electron chi connectivity index (χ3n) is 2.81. The van der Waals surface area contributed by atoms with Crippen molar-refractivity contribution in [3.05, 3.63) is 58.6 Å². The summed E-state index contributed by atoms with van der Waals surface area (Å²) in [7, 11) is 0. The van der Waals surface area contributed by atoms with E-state index in [1.807, 2.05) is 12.3 Å². The van der Waals surface area contributed by atoms with E-state index in [2.05, 4.69) is 5.32 Å². The number of hydrogen-bond donors (Lipinski definition) is 2. The molecule has 2 N–H and O–H groups in total. The van der Waals surface area contributed by atoms with Gasteiger partial charge in [0.1, 0.15) is 0 Å². The van der Waals surface area contributed by atoms with E-state index in [1.54, 1.807) is 48.2 Å². The van der Waals surface area contributed by atoms with Crippen LogP contribution < -0.4 is 5.32 Å². The molecule has 0 heterocycles. The van der Waals surface area contributed by atoms with Crippen molar-refractivity contribution in [1.29, 1.82) is 0 Å². The Morgan fingerprint density at radius 3 is 2.55 bits per heavy atom. The van der Waals surface area contributed by atoms with Crippen molar-refractivity contribution in [3.63, 3.8) is 0 Å². The quantitative estimate of drug-likeness (QED) is 0.845. The molecule has 0 saturated carbocycles. The monoisotopic (exact) mass is 307 g/mol. The summed E-state index contributed by atoms with van der Waals surface area (Å²) < 4.78 is 0. The third-order valence-corrected chi connectivity index (χ3v) is 3.87. The summed E-state index contributed by atoms with van der Waals surface area (Å²) in [6, 6.07) is 12.4. The zero-order chi connectivity index (χ0) is 14.5. The average Bonchev–Trinajstić information content (AvgIpc) is 2.48. The number of halogens is 1. The Morgan fingerprint density at radius 2 is 1.95 bits per heavy atom. The van der Waals surface area contributed by atoms with E-state index < -0.39 is 0 Å². The number of rotatable bonds is 4. The maximum atomic E-state index is 12.2. The highest BCUT2D eigenvalue weighted by atomic mass is 35.5. The van der Waals surface area contributed by atoms with Crippen LogP contribution in [0.15, 0.2) is 47.4 Å². The van der Waals surface area contributed by atoms with E-state index in [4.69, 9.17) is 16.7 Å². The molecule has 20 heavy (non-hydrogen) atoms. The molecule has 0 aliphatic heterocycles. The van der Waals surface area contributed by atoms with E-state index in [0.29, 0.717) is 16.3 Å². The van der Waals surface area contributed by atoms with Gasteiger partial charge in [0.25, 0.3) is 5.91 Å². The molecule has 2 aromatic rings. The van der Waals surface area contributed by atoms with Gasteiger partial charge in [0, 0.05) is 10.6 Å². The SMILES string of the molecule is CSc1ccc(Cl)c(C(=O)Nc2ccc(CO)cc2)c1. The van der Waals surface area contributed by atoms with E-state index in [1.165, 1.54) is 0 Å². The zero-order valence-corrected chi connectivity index (χ0v) is 12.5. The summed E-state index contributed by atoms with van der Waals surface area (Å²) in [5, 5.41) is 12.2. The molecule has 1 amide bonds. The minimum Gasteiger partial charge on any atom is -0.392 e. The Hall–Kier alpha value is -1.49. The Labute approximate surface area is 127 Å². The van der Waals surface area contributed by atoms with Crippen molar-refractivity contribution in [3.8, 4) is 0 Å². The first-order valence-corrected chi connectivity index (χ1v) is 7.59. The van der Waals surface area contributed by atoms with Crippen molar-refractivity contribution >= 4 is 35.0 Å². The molecular weight excluding hydrogens is 294 g/mol. The van der Waals surface area contributed by atoms with Crippen molar-refractivity contribution in [2.75, 3.05) is 11.6 Å². The molecular formula is C15H14ClNO2S. The summed E-state index contributed by atoms with van der Waals surface area (Å²) in [6.07, 6.45) is 1.94. The maximum Gasteiger partial charge on any atom is 0.257 e. The van der Waals surface area contributed by atoms with Crippen LogP contribution in [0.4, 0.5) is 5.69 Å². The molecule has 3 nitrogen and oxygen atoms in total. The molecule has 0 bridgehead atoms. The Morgan fingerprint density at radius 1 is 1.25 bits per heavy atom. The molecule has 0 aliphatic carbocycles. The molecule has 0 radical (unpaired) electrons. The summed E-state index contributed by atoms with van der Waals surface area (Å²) in [5.74, 6) is -0.248. The Bertz CT molecular complexity index is 614. The molecule has 0 aliphatic rings. The van der Waals surface area contributed by atoms with Crippen molar-refractivity contribution in [2.45, 2.75) is 11.5 Å². The number of aliphatic hydroxyl groups excluding tert-OH is 1. The van der Waals surface area contributed by atoms with Gasteiger partial charge in [-0.25, -0.2) is 0 Å². The second kappa shape index (κ2) is 6.79. The number of carbonyl (C=O) groups is 1. The van der Waals surface area contributed by atoms with Gasteiger partial charge in [-0.15, -0.1) is 11.8 Å². The minimum atomic E-state index is -0.248. The predicted molar refractivity (Wildman–Crippen MR) is 83.6 cm³/mol. The number of thioether (sulfide) groups is 1. The van der Waals surface area contributed by atoms with Crippen LogP contribution >= 0.6 is 23.4 Å². The van der Waals surface area contributed by atoms with Gasteiger partial charge in [0.15, 0.2) is 0 Å². The lowest BCUT2D eigenvalue weighted by atomic mass is 10.2. The molecule has 2 rings (SSSR count). The number of aliphatic hydroxyl groups is 1. The van der Waals surface area contributed by atoms with E-state index in [0.717, 1.165) is 10.5 Å². The summed E-state index contributed by atoms with van der Waals surface area (Å²) >= 11 is 7.61. The molecule has 2 aromatic carbocycles. The molecule has 104 valence electrons. The van der Waals surface area contributed by atoms with Gasteiger partial charge in [-0.3, -0.25) is 4.79 Å². The van der Waals surface area contributed by atoms with Crippen LogP contribution in [0.3, 0.4) is 0 Å². The van der Waals surface area contributed by atoms with Gasteiger partial charge in [-0.05, 0) is 42.2 Å². The smallest absolute Gasteiger partial charge is 0.257 e. The summed E-state index contributed by atoms with van der Waals surface area (Å²) in [5.41, 5.74) is 1.91. The fourth-order valence-corrected chi connectivity index (χ4v) is 2.34. The zero-order valence-electron chi connectivity index (χ0n) is 10.9. The van der Waals surface area contributed by atoms with Crippen LogP contribution in [0.2, 0.25) is 5.02 Å². The van der Waals surface area contributed by atoms with E-state index in [9.17, 15) is 4.79 Å². The van der Waals surface area contributed by atoms with Crippen LogP contribution in [0.1, 0.15) is 15.9 Å². The second-order valence-corrected chi connectivity index (χ2v) is 5.44. The van der Waals surface area contributed by atoms with Gasteiger partial charge < -0.3 is 10.4 Å². The van der Waals surface area contributed by atoms with Crippen LogP contribution in [-0.2, 0) is 6.61 Å². The van der Waals surface area contributed by atoms with Gasteiger partial charge in [0.2, 0.25) is 0 Å². The van der Waals surface area contributed by atoms with Gasteiger partial charge >= 0.3 is 0 Å².